The van der Waals surface area contributed by atoms with E-state index in [-0.39, 0.29) is 19.1 Å². The van der Waals surface area contributed by atoms with Crippen molar-refractivity contribution in [2.45, 2.75) is 32.3 Å². The molecule has 2 amide bonds. The number of hydrogen-bond donors (Lipinski definition) is 1. The number of nitrogens with zero attached hydrogens (tertiary/aromatic N) is 2. The zero-order valence-corrected chi connectivity index (χ0v) is 19.2. The highest BCUT2D eigenvalue weighted by molar-refractivity contribution is 5.85. The molecule has 2 aromatic carbocycles. The molecule has 180 valence electrons. The molecule has 2 aliphatic heterocycles. The van der Waals surface area contributed by atoms with Crippen LogP contribution in [-0.4, -0.2) is 61.9 Å². The number of nitrogens with one attached hydrogen (secondary N) is 1. The van der Waals surface area contributed by atoms with Crippen LogP contribution in [0.25, 0.3) is 0 Å². The van der Waals surface area contributed by atoms with Crippen molar-refractivity contribution in [2.75, 3.05) is 32.9 Å². The maximum Gasteiger partial charge on any atom is 0.284 e. The van der Waals surface area contributed by atoms with Crippen molar-refractivity contribution in [3.63, 3.8) is 0 Å². The predicted octanol–water partition coefficient (Wildman–Crippen LogP) is 2.77. The van der Waals surface area contributed by atoms with Gasteiger partial charge in [0.2, 0.25) is 6.10 Å². The molecule has 1 N–H and O–H groups in total. The number of carbonyl (C=O) groups is 2. The first-order chi connectivity index (χ1) is 16.6. The molecule has 2 aromatic rings. The number of para-hydroxylation sites is 2. The molecule has 4 rings (SSSR count). The number of likely N-dealkylation sites (tertiary alicyclic amines) is 1. The average Bonchev–Trinajstić information content (AvgIpc) is 2.88. The molecule has 2 aliphatic rings. The molecule has 9 nitrogen and oxygen atoms in total. The Kier molecular flexibility index (Phi) is 7.85. The van der Waals surface area contributed by atoms with E-state index in [4.69, 9.17) is 18.9 Å². The summed E-state index contributed by atoms with van der Waals surface area (Å²) in [5.41, 5.74) is 3.18. The summed E-state index contributed by atoms with van der Waals surface area (Å²) in [5.74, 6) is 1.69. The number of piperidine rings is 1. The second-order valence-corrected chi connectivity index (χ2v) is 7.97. The summed E-state index contributed by atoms with van der Waals surface area (Å²) in [6.45, 7) is 3.95. The normalized spacial score (nSPS) is 17.3. The Balaban J connectivity index is 1.32. The topological polar surface area (TPSA) is 98.7 Å². The Hall–Kier alpha value is -3.75. The van der Waals surface area contributed by atoms with E-state index >= 15 is 0 Å². The molecule has 0 saturated carbocycles. The first-order valence-corrected chi connectivity index (χ1v) is 11.5. The van der Waals surface area contributed by atoms with Crippen molar-refractivity contribution in [1.29, 1.82) is 0 Å². The lowest BCUT2D eigenvalue weighted by Gasteiger charge is -2.26. The number of ether oxygens (including phenoxy) is 4. The number of fused-ring (bicyclic) bond motifs is 1. The second-order valence-electron chi connectivity index (χ2n) is 7.97. The van der Waals surface area contributed by atoms with Crippen LogP contribution in [0.1, 0.15) is 31.7 Å². The maximum absolute atomic E-state index is 12.4. The van der Waals surface area contributed by atoms with Gasteiger partial charge >= 0.3 is 0 Å². The summed E-state index contributed by atoms with van der Waals surface area (Å²) in [5, 5.41) is 4.02. The van der Waals surface area contributed by atoms with Crippen LogP contribution in [0, 0.1) is 0 Å². The molecule has 1 saturated heterocycles. The van der Waals surface area contributed by atoms with Crippen LogP contribution in [0.5, 0.6) is 23.0 Å². The summed E-state index contributed by atoms with van der Waals surface area (Å²) in [7, 11) is 0. The molecule has 0 spiro atoms. The van der Waals surface area contributed by atoms with Crippen molar-refractivity contribution in [1.82, 2.24) is 10.3 Å². The van der Waals surface area contributed by atoms with Gasteiger partial charge in [-0.3, -0.25) is 9.59 Å². The number of benzene rings is 2. The fraction of sp³-hybridized carbons (Fsp3) is 0.400. The van der Waals surface area contributed by atoms with E-state index in [2.05, 4.69) is 10.5 Å². The van der Waals surface area contributed by atoms with Gasteiger partial charge in [0.15, 0.2) is 29.6 Å². The first-order valence-electron chi connectivity index (χ1n) is 11.5. The van der Waals surface area contributed by atoms with E-state index in [0.29, 0.717) is 35.2 Å². The average molecular weight is 468 g/mol. The SMILES string of the molecule is CCOc1cc(C=NNC(=O)C2COc3ccccc3O2)ccc1OCC(=O)N1CCCCC1. The number of hydrogen-bond acceptors (Lipinski definition) is 7. The van der Waals surface area contributed by atoms with Gasteiger partial charge in [-0.1, -0.05) is 12.1 Å². The molecular formula is C25H29N3O6. The lowest BCUT2D eigenvalue weighted by Crippen LogP contribution is -2.42. The standard InChI is InChI=1S/C25H29N3O6/c1-2-31-22-14-18(10-11-20(22)33-17-24(29)28-12-6-3-7-13-28)15-26-27-25(30)23-16-32-19-8-4-5-9-21(19)34-23/h4-5,8-11,14-15,23H,2-3,6-7,12-13,16-17H2,1H3,(H,27,30). The largest absolute Gasteiger partial charge is 0.490 e. The Labute approximate surface area is 198 Å². The van der Waals surface area contributed by atoms with Gasteiger partial charge in [-0.05, 0) is 62.1 Å². The summed E-state index contributed by atoms with van der Waals surface area (Å²) in [6.07, 6.45) is 3.94. The lowest BCUT2D eigenvalue weighted by atomic mass is 10.1. The van der Waals surface area contributed by atoms with Crippen molar-refractivity contribution < 1.29 is 28.5 Å². The van der Waals surface area contributed by atoms with E-state index in [9.17, 15) is 9.59 Å². The molecule has 0 radical (unpaired) electrons. The van der Waals surface area contributed by atoms with Crippen LogP contribution in [0.15, 0.2) is 47.6 Å². The van der Waals surface area contributed by atoms with Crippen LogP contribution >= 0.6 is 0 Å². The summed E-state index contributed by atoms with van der Waals surface area (Å²) >= 11 is 0. The van der Waals surface area contributed by atoms with Crippen LogP contribution in [-0.2, 0) is 9.59 Å². The molecule has 0 aliphatic carbocycles. The summed E-state index contributed by atoms with van der Waals surface area (Å²) < 4.78 is 22.7. The minimum atomic E-state index is -0.792. The molecule has 2 heterocycles. The maximum atomic E-state index is 12.4. The minimum absolute atomic E-state index is 0.0213. The predicted molar refractivity (Wildman–Crippen MR) is 126 cm³/mol. The molecule has 1 unspecified atom stereocenters. The van der Waals surface area contributed by atoms with Crippen molar-refractivity contribution in [3.05, 3.63) is 48.0 Å². The molecular weight excluding hydrogens is 438 g/mol. The smallest absolute Gasteiger partial charge is 0.284 e. The van der Waals surface area contributed by atoms with Crippen LogP contribution < -0.4 is 24.4 Å². The summed E-state index contributed by atoms with van der Waals surface area (Å²) in [4.78, 5) is 26.6. The van der Waals surface area contributed by atoms with Gasteiger partial charge in [-0.2, -0.15) is 5.10 Å². The van der Waals surface area contributed by atoms with Gasteiger partial charge < -0.3 is 23.8 Å². The third-order valence-corrected chi connectivity index (χ3v) is 5.52. The summed E-state index contributed by atoms with van der Waals surface area (Å²) in [6, 6.07) is 12.4. The number of hydrazone groups is 1. The fourth-order valence-electron chi connectivity index (χ4n) is 3.76. The van der Waals surface area contributed by atoms with E-state index in [1.165, 1.54) is 6.21 Å². The minimum Gasteiger partial charge on any atom is -0.490 e. The highest BCUT2D eigenvalue weighted by Gasteiger charge is 2.27. The lowest BCUT2D eigenvalue weighted by molar-refractivity contribution is -0.134. The quantitative estimate of drug-likeness (QED) is 0.474. The van der Waals surface area contributed by atoms with Gasteiger partial charge in [-0.25, -0.2) is 5.43 Å². The Bertz CT molecular complexity index is 1040. The van der Waals surface area contributed by atoms with Crippen molar-refractivity contribution in [3.8, 4) is 23.0 Å². The van der Waals surface area contributed by atoms with Crippen molar-refractivity contribution >= 4 is 18.0 Å². The Morgan fingerprint density at radius 3 is 2.68 bits per heavy atom. The highest BCUT2D eigenvalue weighted by Crippen LogP contribution is 2.31. The van der Waals surface area contributed by atoms with E-state index in [0.717, 1.165) is 32.4 Å². The van der Waals surface area contributed by atoms with E-state index in [1.54, 1.807) is 30.3 Å². The first kappa shape index (κ1) is 23.4. The molecule has 34 heavy (non-hydrogen) atoms. The third kappa shape index (κ3) is 5.98. The molecule has 0 bridgehead atoms. The number of carbonyl (C=O) groups excluding carboxylic acids is 2. The van der Waals surface area contributed by atoms with Gasteiger partial charge in [0.25, 0.3) is 11.8 Å². The van der Waals surface area contributed by atoms with Gasteiger partial charge in [0.1, 0.15) is 6.61 Å². The Morgan fingerprint density at radius 1 is 1.09 bits per heavy atom. The van der Waals surface area contributed by atoms with Gasteiger partial charge in [0.05, 0.1) is 12.8 Å². The number of amides is 2. The zero-order chi connectivity index (χ0) is 23.8. The van der Waals surface area contributed by atoms with Crippen molar-refractivity contribution in [2.24, 2.45) is 5.10 Å². The highest BCUT2D eigenvalue weighted by atomic mass is 16.6. The molecule has 1 fully saturated rings. The monoisotopic (exact) mass is 467 g/mol. The van der Waals surface area contributed by atoms with E-state index < -0.39 is 12.0 Å². The van der Waals surface area contributed by atoms with Crippen LogP contribution in [0.3, 0.4) is 0 Å². The Morgan fingerprint density at radius 2 is 1.88 bits per heavy atom. The second kappa shape index (κ2) is 11.4. The molecule has 0 aromatic heterocycles. The van der Waals surface area contributed by atoms with E-state index in [1.807, 2.05) is 24.0 Å². The number of rotatable bonds is 8. The van der Waals surface area contributed by atoms with Gasteiger partial charge in [0, 0.05) is 13.1 Å². The van der Waals surface area contributed by atoms with Crippen LogP contribution in [0.4, 0.5) is 0 Å². The van der Waals surface area contributed by atoms with Crippen LogP contribution in [0.2, 0.25) is 0 Å². The zero-order valence-electron chi connectivity index (χ0n) is 19.2. The van der Waals surface area contributed by atoms with Gasteiger partial charge in [-0.15, -0.1) is 0 Å². The molecule has 1 atom stereocenters. The third-order valence-electron chi connectivity index (χ3n) is 5.52. The fourth-order valence-corrected chi connectivity index (χ4v) is 3.76. The molecule has 9 heteroatoms.